The first-order valence-corrected chi connectivity index (χ1v) is 10.4. The molecule has 148 valence electrons. The Balaban J connectivity index is 1.79. The van der Waals surface area contributed by atoms with Gasteiger partial charge in [-0.05, 0) is 55.3 Å². The lowest BCUT2D eigenvalue weighted by Crippen LogP contribution is -2.25. The summed E-state index contributed by atoms with van der Waals surface area (Å²) in [5.74, 6) is 1.85. The van der Waals surface area contributed by atoms with Gasteiger partial charge in [0.25, 0.3) is 0 Å². The summed E-state index contributed by atoms with van der Waals surface area (Å²) < 4.78 is 2.10. The second-order valence-electron chi connectivity index (χ2n) is 7.00. The third kappa shape index (κ3) is 3.96. The van der Waals surface area contributed by atoms with E-state index in [0.717, 1.165) is 59.9 Å². The highest BCUT2D eigenvalue weighted by Crippen LogP contribution is 2.29. The predicted octanol–water partition coefficient (Wildman–Crippen LogP) is 5.76. The van der Waals surface area contributed by atoms with Crippen LogP contribution in [0.1, 0.15) is 26.7 Å². The van der Waals surface area contributed by atoms with E-state index in [4.69, 9.17) is 21.6 Å². The topological polar surface area (TPSA) is 46.8 Å². The number of fused-ring (bicyclic) bond motifs is 1. The van der Waals surface area contributed by atoms with Crippen molar-refractivity contribution < 1.29 is 0 Å². The molecule has 1 aromatic carbocycles. The van der Waals surface area contributed by atoms with Gasteiger partial charge in [-0.25, -0.2) is 9.97 Å². The first-order chi connectivity index (χ1) is 14.2. The van der Waals surface area contributed by atoms with Gasteiger partial charge in [-0.1, -0.05) is 25.4 Å². The highest BCUT2D eigenvalue weighted by atomic mass is 35.5. The van der Waals surface area contributed by atoms with E-state index in [-0.39, 0.29) is 0 Å². The molecular formula is C23H24ClN5. The zero-order chi connectivity index (χ0) is 20.2. The van der Waals surface area contributed by atoms with Gasteiger partial charge >= 0.3 is 0 Å². The maximum absolute atomic E-state index is 6.09. The van der Waals surface area contributed by atoms with Crippen molar-refractivity contribution >= 4 is 28.5 Å². The molecule has 0 saturated heterocycles. The van der Waals surface area contributed by atoms with Gasteiger partial charge in [-0.15, -0.1) is 0 Å². The maximum atomic E-state index is 6.09. The lowest BCUT2D eigenvalue weighted by Gasteiger charge is -2.22. The van der Waals surface area contributed by atoms with E-state index in [2.05, 4.69) is 40.4 Å². The van der Waals surface area contributed by atoms with Gasteiger partial charge in [0.15, 0.2) is 0 Å². The van der Waals surface area contributed by atoms with Crippen LogP contribution in [0.5, 0.6) is 0 Å². The van der Waals surface area contributed by atoms with E-state index in [1.807, 2.05) is 42.7 Å². The van der Waals surface area contributed by atoms with Crippen molar-refractivity contribution in [2.24, 2.45) is 0 Å². The van der Waals surface area contributed by atoms with Gasteiger partial charge in [0.05, 0.1) is 17.2 Å². The van der Waals surface area contributed by atoms with E-state index in [0.29, 0.717) is 5.02 Å². The van der Waals surface area contributed by atoms with Crippen LogP contribution in [0, 0.1) is 0 Å². The Hall–Kier alpha value is -2.92. The van der Waals surface area contributed by atoms with Crippen LogP contribution in [0.3, 0.4) is 0 Å². The number of anilines is 1. The van der Waals surface area contributed by atoms with E-state index < -0.39 is 0 Å². The summed E-state index contributed by atoms with van der Waals surface area (Å²) in [6.45, 7) is 6.41. The van der Waals surface area contributed by atoms with Gasteiger partial charge in [0, 0.05) is 41.8 Å². The third-order valence-electron chi connectivity index (χ3n) is 4.86. The summed E-state index contributed by atoms with van der Waals surface area (Å²) in [4.78, 5) is 16.2. The average Bonchev–Trinajstić information content (AvgIpc) is 3.14. The van der Waals surface area contributed by atoms with Crippen LogP contribution in [0.25, 0.3) is 28.1 Å². The van der Waals surface area contributed by atoms with Crippen molar-refractivity contribution in [1.82, 2.24) is 19.5 Å². The van der Waals surface area contributed by atoms with Crippen molar-refractivity contribution in [3.05, 3.63) is 66.1 Å². The van der Waals surface area contributed by atoms with Gasteiger partial charge in [0.1, 0.15) is 11.6 Å². The highest BCUT2D eigenvalue weighted by molar-refractivity contribution is 6.30. The smallest absolute Gasteiger partial charge is 0.147 e. The van der Waals surface area contributed by atoms with Crippen LogP contribution >= 0.6 is 11.6 Å². The third-order valence-corrected chi connectivity index (χ3v) is 5.11. The van der Waals surface area contributed by atoms with Gasteiger partial charge in [-0.3, -0.25) is 9.55 Å². The Morgan fingerprint density at radius 1 is 0.931 bits per heavy atom. The molecule has 3 aromatic heterocycles. The molecule has 0 radical (unpaired) electrons. The second kappa shape index (κ2) is 8.62. The minimum atomic E-state index is 0.704. The van der Waals surface area contributed by atoms with Gasteiger partial charge < -0.3 is 4.90 Å². The van der Waals surface area contributed by atoms with Gasteiger partial charge in [-0.2, -0.15) is 0 Å². The Morgan fingerprint density at radius 2 is 1.69 bits per heavy atom. The molecule has 0 aliphatic carbocycles. The highest BCUT2D eigenvalue weighted by Gasteiger charge is 2.15. The molecule has 0 spiro atoms. The minimum Gasteiger partial charge on any atom is -0.357 e. The zero-order valence-corrected chi connectivity index (χ0v) is 17.5. The van der Waals surface area contributed by atoms with Crippen LogP contribution in [0.15, 0.2) is 61.1 Å². The van der Waals surface area contributed by atoms with Gasteiger partial charge in [0.2, 0.25) is 0 Å². The SMILES string of the molecule is CCCN(CCC)c1ccc(-c2nc3ccncc3n2-c2ccc(Cl)cc2)cn1. The summed E-state index contributed by atoms with van der Waals surface area (Å²) >= 11 is 6.09. The monoisotopic (exact) mass is 405 g/mol. The largest absolute Gasteiger partial charge is 0.357 e. The van der Waals surface area contributed by atoms with Crippen LogP contribution in [0.2, 0.25) is 5.02 Å². The quantitative estimate of drug-likeness (QED) is 0.392. The minimum absolute atomic E-state index is 0.704. The molecule has 0 amide bonds. The van der Waals surface area contributed by atoms with Crippen molar-refractivity contribution in [3.63, 3.8) is 0 Å². The number of aromatic nitrogens is 4. The normalized spacial score (nSPS) is 11.1. The fraction of sp³-hybridized carbons (Fsp3) is 0.261. The predicted molar refractivity (Wildman–Crippen MR) is 120 cm³/mol. The second-order valence-corrected chi connectivity index (χ2v) is 7.44. The molecule has 0 saturated carbocycles. The lowest BCUT2D eigenvalue weighted by atomic mass is 10.2. The van der Waals surface area contributed by atoms with E-state index in [9.17, 15) is 0 Å². The fourth-order valence-electron chi connectivity index (χ4n) is 3.56. The Morgan fingerprint density at radius 3 is 2.34 bits per heavy atom. The maximum Gasteiger partial charge on any atom is 0.147 e. The molecule has 0 atom stereocenters. The van der Waals surface area contributed by atoms with E-state index in [1.54, 1.807) is 6.20 Å². The molecule has 0 aliphatic rings. The summed E-state index contributed by atoms with van der Waals surface area (Å²) in [7, 11) is 0. The molecule has 3 heterocycles. The zero-order valence-electron chi connectivity index (χ0n) is 16.7. The molecule has 6 heteroatoms. The van der Waals surface area contributed by atoms with Crippen molar-refractivity contribution in [2.75, 3.05) is 18.0 Å². The Bertz CT molecular complexity index is 1080. The van der Waals surface area contributed by atoms with Crippen LogP contribution in [0.4, 0.5) is 5.82 Å². The lowest BCUT2D eigenvalue weighted by molar-refractivity contribution is 0.734. The molecule has 0 fully saturated rings. The average molecular weight is 406 g/mol. The van der Waals surface area contributed by atoms with Crippen LogP contribution in [-0.2, 0) is 0 Å². The van der Waals surface area contributed by atoms with E-state index >= 15 is 0 Å². The number of halogens is 1. The number of nitrogens with zero attached hydrogens (tertiary/aromatic N) is 5. The molecular weight excluding hydrogens is 382 g/mol. The molecule has 4 rings (SSSR count). The summed E-state index contributed by atoms with van der Waals surface area (Å²) in [5, 5.41) is 0.704. The number of pyridine rings is 2. The van der Waals surface area contributed by atoms with Crippen molar-refractivity contribution in [3.8, 4) is 17.1 Å². The number of imidazole rings is 1. The van der Waals surface area contributed by atoms with Crippen LogP contribution in [-0.4, -0.2) is 32.6 Å². The summed E-state index contributed by atoms with van der Waals surface area (Å²) in [6, 6.07) is 13.9. The summed E-state index contributed by atoms with van der Waals surface area (Å²) in [5.41, 5.74) is 3.80. The molecule has 0 bridgehead atoms. The Labute approximate surface area is 176 Å². The molecule has 5 nitrogen and oxygen atoms in total. The van der Waals surface area contributed by atoms with E-state index in [1.165, 1.54) is 0 Å². The molecule has 0 unspecified atom stereocenters. The standard InChI is InChI=1S/C23H24ClN5/c1-3-13-28(14-4-2)22-10-5-17(15-26-22)23-27-20-11-12-25-16-21(20)29(23)19-8-6-18(24)7-9-19/h5-12,15-16H,3-4,13-14H2,1-2H3. The molecule has 29 heavy (non-hydrogen) atoms. The molecule has 0 N–H and O–H groups in total. The fourth-order valence-corrected chi connectivity index (χ4v) is 3.68. The number of rotatable bonds is 7. The Kier molecular flexibility index (Phi) is 5.76. The number of benzene rings is 1. The first kappa shape index (κ1) is 19.4. The summed E-state index contributed by atoms with van der Waals surface area (Å²) in [6.07, 6.45) is 7.72. The van der Waals surface area contributed by atoms with Crippen LogP contribution < -0.4 is 4.90 Å². The first-order valence-electron chi connectivity index (χ1n) is 10.0. The van der Waals surface area contributed by atoms with Crippen molar-refractivity contribution in [1.29, 1.82) is 0 Å². The number of hydrogen-bond acceptors (Lipinski definition) is 4. The van der Waals surface area contributed by atoms with Crippen molar-refractivity contribution in [2.45, 2.75) is 26.7 Å². The molecule has 0 aliphatic heterocycles. The molecule has 4 aromatic rings. The number of hydrogen-bond donors (Lipinski definition) is 0.